The van der Waals surface area contributed by atoms with Crippen molar-refractivity contribution in [1.82, 2.24) is 9.88 Å². The molecule has 4 rings (SSSR count). The Morgan fingerprint density at radius 1 is 1.06 bits per heavy atom. The van der Waals surface area contributed by atoms with Crippen LogP contribution >= 0.6 is 0 Å². The Hall–Kier alpha value is -3.21. The van der Waals surface area contributed by atoms with Crippen LogP contribution in [-0.4, -0.2) is 41.0 Å². The highest BCUT2D eigenvalue weighted by Gasteiger charge is 2.28. The van der Waals surface area contributed by atoms with Crippen LogP contribution in [0.15, 0.2) is 60.7 Å². The molecule has 1 saturated heterocycles. The van der Waals surface area contributed by atoms with E-state index in [4.69, 9.17) is 4.74 Å². The van der Waals surface area contributed by atoms with Gasteiger partial charge in [0, 0.05) is 24.2 Å². The molecule has 2 aromatic carbocycles. The fraction of sp³-hybridized carbons (Fsp3) is 0.346. The highest BCUT2D eigenvalue weighted by Crippen LogP contribution is 2.23. The monoisotopic (exact) mass is 416 g/mol. The summed E-state index contributed by atoms with van der Waals surface area (Å²) in [7, 11) is 0. The SMILES string of the molecule is Cc1cc(C(=O)O[C@H](C)C(=O)N2CCC(Cc3ccccc3)CC2)c2ccccc2n1. The average Bonchev–Trinajstić information content (AvgIpc) is 2.79. The number of esters is 1. The number of para-hydroxylation sites is 1. The topological polar surface area (TPSA) is 59.5 Å². The zero-order chi connectivity index (χ0) is 21.8. The normalized spacial score (nSPS) is 15.6. The second-order valence-electron chi connectivity index (χ2n) is 8.33. The number of carbonyl (C=O) groups is 2. The zero-order valence-corrected chi connectivity index (χ0v) is 18.1. The zero-order valence-electron chi connectivity index (χ0n) is 18.1. The number of hydrogen-bond acceptors (Lipinski definition) is 4. The lowest BCUT2D eigenvalue weighted by atomic mass is 9.90. The lowest BCUT2D eigenvalue weighted by Gasteiger charge is -2.33. The first-order valence-corrected chi connectivity index (χ1v) is 10.9. The first-order chi connectivity index (χ1) is 15.0. The molecule has 5 nitrogen and oxygen atoms in total. The molecule has 1 amide bonds. The summed E-state index contributed by atoms with van der Waals surface area (Å²) in [5, 5.41) is 0.736. The van der Waals surface area contributed by atoms with Gasteiger partial charge in [-0.1, -0.05) is 48.5 Å². The standard InChI is InChI=1S/C26H28N2O3/c1-18-16-23(22-10-6-7-11-24(22)27-18)26(30)31-19(2)25(29)28-14-12-21(13-15-28)17-20-8-4-3-5-9-20/h3-11,16,19,21H,12-15,17H2,1-2H3/t19-/m1/s1. The van der Waals surface area contributed by atoms with Gasteiger partial charge in [-0.05, 0) is 56.7 Å². The van der Waals surface area contributed by atoms with E-state index in [0.29, 0.717) is 24.6 Å². The fourth-order valence-electron chi connectivity index (χ4n) is 4.31. The summed E-state index contributed by atoms with van der Waals surface area (Å²) in [6.45, 7) is 4.91. The second-order valence-corrected chi connectivity index (χ2v) is 8.33. The Morgan fingerprint density at radius 2 is 1.74 bits per heavy atom. The number of amides is 1. The van der Waals surface area contributed by atoms with Gasteiger partial charge in [-0.2, -0.15) is 0 Å². The van der Waals surface area contributed by atoms with Crippen LogP contribution in [-0.2, 0) is 16.0 Å². The summed E-state index contributed by atoms with van der Waals surface area (Å²) in [5.41, 5.74) is 3.28. The smallest absolute Gasteiger partial charge is 0.339 e. The first kappa shape index (κ1) is 21.0. The maximum Gasteiger partial charge on any atom is 0.339 e. The van der Waals surface area contributed by atoms with E-state index in [1.807, 2.05) is 42.2 Å². The minimum Gasteiger partial charge on any atom is -0.449 e. The van der Waals surface area contributed by atoms with Gasteiger partial charge in [0.05, 0.1) is 11.1 Å². The summed E-state index contributed by atoms with van der Waals surface area (Å²) < 4.78 is 5.58. The van der Waals surface area contributed by atoms with E-state index in [2.05, 4.69) is 29.2 Å². The third-order valence-corrected chi connectivity index (χ3v) is 5.99. The van der Waals surface area contributed by atoms with Gasteiger partial charge >= 0.3 is 5.97 Å². The van der Waals surface area contributed by atoms with E-state index in [1.165, 1.54) is 5.56 Å². The van der Waals surface area contributed by atoms with E-state index >= 15 is 0 Å². The van der Waals surface area contributed by atoms with Crippen LogP contribution in [0.4, 0.5) is 0 Å². The van der Waals surface area contributed by atoms with E-state index in [1.54, 1.807) is 13.0 Å². The molecule has 0 unspecified atom stereocenters. The maximum atomic E-state index is 12.9. The molecule has 5 heteroatoms. The Kier molecular flexibility index (Phi) is 6.31. The number of benzene rings is 2. The largest absolute Gasteiger partial charge is 0.449 e. The summed E-state index contributed by atoms with van der Waals surface area (Å²) in [6.07, 6.45) is 2.16. The number of pyridine rings is 1. The predicted molar refractivity (Wildman–Crippen MR) is 121 cm³/mol. The maximum absolute atomic E-state index is 12.9. The van der Waals surface area contributed by atoms with E-state index in [-0.39, 0.29) is 5.91 Å². The van der Waals surface area contributed by atoms with Crippen molar-refractivity contribution in [2.45, 2.75) is 39.2 Å². The van der Waals surface area contributed by atoms with Crippen LogP contribution in [0.3, 0.4) is 0 Å². The molecule has 160 valence electrons. The van der Waals surface area contributed by atoms with Crippen molar-refractivity contribution >= 4 is 22.8 Å². The minimum absolute atomic E-state index is 0.124. The Morgan fingerprint density at radius 3 is 2.48 bits per heavy atom. The van der Waals surface area contributed by atoms with Crippen LogP contribution in [0.1, 0.15) is 41.4 Å². The highest BCUT2D eigenvalue weighted by molar-refractivity contribution is 6.04. The first-order valence-electron chi connectivity index (χ1n) is 10.9. The minimum atomic E-state index is -0.814. The molecule has 0 bridgehead atoms. The molecule has 1 aliphatic heterocycles. The van der Waals surface area contributed by atoms with Crippen molar-refractivity contribution in [3.05, 3.63) is 77.5 Å². The molecule has 31 heavy (non-hydrogen) atoms. The summed E-state index contributed by atoms with van der Waals surface area (Å²) >= 11 is 0. The molecule has 1 aromatic heterocycles. The summed E-state index contributed by atoms with van der Waals surface area (Å²) in [4.78, 5) is 32.0. The molecule has 2 heterocycles. The molecule has 0 spiro atoms. The Labute approximate surface area is 183 Å². The van der Waals surface area contributed by atoms with Gasteiger partial charge in [0.15, 0.2) is 6.10 Å². The number of aryl methyl sites for hydroxylation is 1. The van der Waals surface area contributed by atoms with Gasteiger partial charge in [-0.25, -0.2) is 4.79 Å². The van der Waals surface area contributed by atoms with Crippen LogP contribution in [0.2, 0.25) is 0 Å². The molecule has 3 aromatic rings. The van der Waals surface area contributed by atoms with Crippen molar-refractivity contribution in [3.8, 4) is 0 Å². The van der Waals surface area contributed by atoms with Gasteiger partial charge in [0.1, 0.15) is 0 Å². The van der Waals surface area contributed by atoms with Gasteiger partial charge < -0.3 is 9.64 Å². The highest BCUT2D eigenvalue weighted by atomic mass is 16.5. The van der Waals surface area contributed by atoms with Gasteiger partial charge in [0.25, 0.3) is 5.91 Å². The number of carbonyl (C=O) groups excluding carboxylic acids is 2. The van der Waals surface area contributed by atoms with Crippen molar-refractivity contribution in [1.29, 1.82) is 0 Å². The number of likely N-dealkylation sites (tertiary alicyclic amines) is 1. The van der Waals surface area contributed by atoms with Gasteiger partial charge in [-0.3, -0.25) is 9.78 Å². The lowest BCUT2D eigenvalue weighted by Crippen LogP contribution is -2.44. The van der Waals surface area contributed by atoms with Crippen LogP contribution in [0.5, 0.6) is 0 Å². The number of ether oxygens (including phenoxy) is 1. The van der Waals surface area contributed by atoms with E-state index < -0.39 is 12.1 Å². The predicted octanol–water partition coefficient (Wildman–Crippen LogP) is 4.57. The molecule has 0 radical (unpaired) electrons. The van der Waals surface area contributed by atoms with Crippen LogP contribution < -0.4 is 0 Å². The lowest BCUT2D eigenvalue weighted by molar-refractivity contribution is -0.141. The molecule has 1 fully saturated rings. The van der Waals surface area contributed by atoms with Crippen molar-refractivity contribution in [2.24, 2.45) is 5.92 Å². The molecular weight excluding hydrogens is 388 g/mol. The molecule has 0 aliphatic carbocycles. The molecular formula is C26H28N2O3. The number of fused-ring (bicyclic) bond motifs is 1. The molecule has 0 N–H and O–H groups in total. The molecule has 0 saturated carbocycles. The van der Waals surface area contributed by atoms with Crippen molar-refractivity contribution < 1.29 is 14.3 Å². The average molecular weight is 417 g/mol. The van der Waals surface area contributed by atoms with Crippen LogP contribution in [0, 0.1) is 12.8 Å². The number of aromatic nitrogens is 1. The van der Waals surface area contributed by atoms with Crippen molar-refractivity contribution in [2.75, 3.05) is 13.1 Å². The van der Waals surface area contributed by atoms with E-state index in [0.717, 1.165) is 35.9 Å². The fourth-order valence-corrected chi connectivity index (χ4v) is 4.31. The Balaban J connectivity index is 1.36. The molecule has 1 atom stereocenters. The summed E-state index contributed by atoms with van der Waals surface area (Å²) in [6, 6.07) is 19.7. The van der Waals surface area contributed by atoms with Gasteiger partial charge in [0.2, 0.25) is 0 Å². The quantitative estimate of drug-likeness (QED) is 0.572. The third-order valence-electron chi connectivity index (χ3n) is 5.99. The number of nitrogens with zero attached hydrogens (tertiary/aromatic N) is 2. The van der Waals surface area contributed by atoms with Crippen molar-refractivity contribution in [3.63, 3.8) is 0 Å². The number of rotatable bonds is 5. The van der Waals surface area contributed by atoms with Gasteiger partial charge in [-0.15, -0.1) is 0 Å². The van der Waals surface area contributed by atoms with E-state index in [9.17, 15) is 9.59 Å². The summed E-state index contributed by atoms with van der Waals surface area (Å²) in [5.74, 6) is -0.0291. The van der Waals surface area contributed by atoms with Crippen LogP contribution in [0.25, 0.3) is 10.9 Å². The Bertz CT molecular complexity index is 1070. The number of hydrogen-bond donors (Lipinski definition) is 0. The second kappa shape index (κ2) is 9.29. The number of piperidine rings is 1. The third kappa shape index (κ3) is 4.93. The molecule has 1 aliphatic rings.